The second-order valence-corrected chi connectivity index (χ2v) is 10.3. The van der Waals surface area contributed by atoms with Gasteiger partial charge in [-0.15, -0.1) is 11.3 Å². The molecule has 0 unspecified atom stereocenters. The zero-order valence-electron chi connectivity index (χ0n) is 19.5. The third-order valence-electron chi connectivity index (χ3n) is 6.58. The number of methoxy groups -OCH3 is 1. The molecule has 180 valence electrons. The van der Waals surface area contributed by atoms with Crippen LogP contribution < -0.4 is 5.32 Å². The molecule has 2 aromatic carbocycles. The first kappa shape index (κ1) is 23.6. The summed E-state index contributed by atoms with van der Waals surface area (Å²) in [7, 11) is 1.41. The van der Waals surface area contributed by atoms with Crippen molar-refractivity contribution in [2.45, 2.75) is 32.0 Å². The van der Waals surface area contributed by atoms with E-state index in [1.165, 1.54) is 17.6 Å². The summed E-state index contributed by atoms with van der Waals surface area (Å²) in [6.07, 6.45) is 0.496. The zero-order valence-corrected chi connectivity index (χ0v) is 21.1. The van der Waals surface area contributed by atoms with E-state index in [0.717, 1.165) is 22.0 Å². The highest BCUT2D eigenvalue weighted by molar-refractivity contribution is 7.10. The molecule has 0 spiro atoms. The van der Waals surface area contributed by atoms with Gasteiger partial charge in [0.15, 0.2) is 0 Å². The topological polar surface area (TPSA) is 74.4 Å². The number of hydrogen-bond acceptors (Lipinski definition) is 5. The van der Waals surface area contributed by atoms with Gasteiger partial charge in [-0.3, -0.25) is 14.5 Å². The molecule has 2 atom stereocenters. The highest BCUT2D eigenvalue weighted by Gasteiger charge is 2.39. The first-order chi connectivity index (χ1) is 16.9. The fourth-order valence-electron chi connectivity index (χ4n) is 4.81. The van der Waals surface area contributed by atoms with Gasteiger partial charge in [-0.05, 0) is 54.1 Å². The number of likely N-dealkylation sites (tertiary alicyclic amines) is 1. The summed E-state index contributed by atoms with van der Waals surface area (Å²) >= 11 is 7.96. The number of esters is 1. The summed E-state index contributed by atoms with van der Waals surface area (Å²) in [5, 5.41) is 6.72. The monoisotopic (exact) mass is 507 g/mol. The Kier molecular flexibility index (Phi) is 6.65. The van der Waals surface area contributed by atoms with Crippen LogP contribution in [0.3, 0.4) is 0 Å². The molecule has 1 amide bonds. The van der Waals surface area contributed by atoms with Crippen LogP contribution in [-0.2, 0) is 16.1 Å². The lowest BCUT2D eigenvalue weighted by atomic mass is 10.0. The van der Waals surface area contributed by atoms with E-state index in [1.54, 1.807) is 17.4 Å². The SMILES string of the molecule is COC(=O)[C@@H]1C[C@H](NC(=O)c2[nH]c3ccc(Cl)cc3c2-c2ccccc2)CN1Cc1sccc1C. The highest BCUT2D eigenvalue weighted by Crippen LogP contribution is 2.34. The number of nitrogens with zero attached hydrogens (tertiary/aromatic N) is 1. The smallest absolute Gasteiger partial charge is 0.323 e. The number of aryl methyl sites for hydroxylation is 1. The van der Waals surface area contributed by atoms with Crippen LogP contribution in [0.4, 0.5) is 0 Å². The summed E-state index contributed by atoms with van der Waals surface area (Å²) in [6.45, 7) is 3.28. The zero-order chi connectivity index (χ0) is 24.5. The molecule has 1 aliphatic rings. The first-order valence-electron chi connectivity index (χ1n) is 11.5. The molecular formula is C27H26ClN3O3S. The number of H-pyrrole nitrogens is 1. The maximum Gasteiger partial charge on any atom is 0.323 e. The number of amides is 1. The third-order valence-corrected chi connectivity index (χ3v) is 7.82. The van der Waals surface area contributed by atoms with Crippen LogP contribution in [-0.4, -0.2) is 47.5 Å². The Labute approximate surface area is 212 Å². The van der Waals surface area contributed by atoms with E-state index in [0.29, 0.717) is 30.2 Å². The van der Waals surface area contributed by atoms with E-state index in [9.17, 15) is 9.59 Å². The molecular weight excluding hydrogens is 482 g/mol. The minimum atomic E-state index is -0.401. The summed E-state index contributed by atoms with van der Waals surface area (Å²) in [5.41, 5.74) is 4.27. The summed E-state index contributed by atoms with van der Waals surface area (Å²) in [4.78, 5) is 32.7. The third kappa shape index (κ3) is 4.72. The number of aromatic amines is 1. The van der Waals surface area contributed by atoms with Gasteiger partial charge < -0.3 is 15.0 Å². The number of halogens is 1. The van der Waals surface area contributed by atoms with Crippen LogP contribution in [0.1, 0.15) is 27.3 Å². The largest absolute Gasteiger partial charge is 0.468 e. The van der Waals surface area contributed by atoms with Gasteiger partial charge in [0.1, 0.15) is 11.7 Å². The molecule has 4 aromatic rings. The first-order valence-corrected chi connectivity index (χ1v) is 12.7. The number of aromatic nitrogens is 1. The Bertz CT molecular complexity index is 1380. The van der Waals surface area contributed by atoms with Crippen LogP contribution in [0.2, 0.25) is 5.02 Å². The Morgan fingerprint density at radius 1 is 1.20 bits per heavy atom. The van der Waals surface area contributed by atoms with Gasteiger partial charge in [0.2, 0.25) is 0 Å². The maximum atomic E-state index is 13.6. The molecule has 5 rings (SSSR count). The van der Waals surface area contributed by atoms with Gasteiger partial charge in [-0.25, -0.2) is 0 Å². The van der Waals surface area contributed by atoms with Gasteiger partial charge in [-0.2, -0.15) is 0 Å². The molecule has 1 fully saturated rings. The minimum Gasteiger partial charge on any atom is -0.468 e. The molecule has 2 N–H and O–H groups in total. The average Bonchev–Trinajstić information content (AvgIpc) is 3.56. The lowest BCUT2D eigenvalue weighted by molar-refractivity contribution is -0.146. The van der Waals surface area contributed by atoms with E-state index < -0.39 is 6.04 Å². The van der Waals surface area contributed by atoms with Crippen LogP contribution in [0.5, 0.6) is 0 Å². The number of rotatable bonds is 6. The van der Waals surface area contributed by atoms with E-state index in [-0.39, 0.29) is 17.9 Å². The quantitative estimate of drug-likeness (QED) is 0.342. The van der Waals surface area contributed by atoms with Crippen molar-refractivity contribution in [1.82, 2.24) is 15.2 Å². The number of carbonyl (C=O) groups excluding carboxylic acids is 2. The Hall–Kier alpha value is -3.13. The summed E-state index contributed by atoms with van der Waals surface area (Å²) in [6, 6.07) is 16.9. The second kappa shape index (κ2) is 9.85. The highest BCUT2D eigenvalue weighted by atomic mass is 35.5. The minimum absolute atomic E-state index is 0.189. The number of fused-ring (bicyclic) bond motifs is 1. The van der Waals surface area contributed by atoms with Crippen LogP contribution >= 0.6 is 22.9 Å². The van der Waals surface area contributed by atoms with Crippen molar-refractivity contribution in [3.8, 4) is 11.1 Å². The fraction of sp³-hybridized carbons (Fsp3) is 0.259. The Balaban J connectivity index is 1.43. The summed E-state index contributed by atoms with van der Waals surface area (Å²) < 4.78 is 5.07. The molecule has 6 nitrogen and oxygen atoms in total. The number of benzene rings is 2. The molecule has 3 heterocycles. The number of ether oxygens (including phenoxy) is 1. The predicted octanol–water partition coefficient (Wildman–Crippen LogP) is 5.40. The Morgan fingerprint density at radius 2 is 2.00 bits per heavy atom. The van der Waals surface area contributed by atoms with E-state index in [4.69, 9.17) is 16.3 Å². The molecule has 0 aliphatic carbocycles. The fourth-order valence-corrected chi connectivity index (χ4v) is 5.91. The van der Waals surface area contributed by atoms with Crippen LogP contribution in [0.25, 0.3) is 22.0 Å². The number of thiophene rings is 1. The maximum absolute atomic E-state index is 13.6. The van der Waals surface area contributed by atoms with E-state index >= 15 is 0 Å². The van der Waals surface area contributed by atoms with Crippen molar-refractivity contribution < 1.29 is 14.3 Å². The van der Waals surface area contributed by atoms with Gasteiger partial charge in [0.25, 0.3) is 5.91 Å². The van der Waals surface area contributed by atoms with Gasteiger partial charge in [0, 0.05) is 45.5 Å². The second-order valence-electron chi connectivity index (χ2n) is 8.83. The van der Waals surface area contributed by atoms with Gasteiger partial charge in [-0.1, -0.05) is 41.9 Å². The molecule has 0 saturated carbocycles. The van der Waals surface area contributed by atoms with Crippen molar-refractivity contribution in [2.24, 2.45) is 0 Å². The number of carbonyl (C=O) groups is 2. The van der Waals surface area contributed by atoms with Crippen LogP contribution in [0.15, 0.2) is 60.0 Å². The van der Waals surface area contributed by atoms with Gasteiger partial charge in [0.05, 0.1) is 7.11 Å². The molecule has 1 aliphatic heterocycles. The molecule has 8 heteroatoms. The molecule has 35 heavy (non-hydrogen) atoms. The number of nitrogens with one attached hydrogen (secondary N) is 2. The predicted molar refractivity (Wildman–Crippen MR) is 140 cm³/mol. The van der Waals surface area contributed by atoms with E-state index in [2.05, 4.69) is 33.6 Å². The van der Waals surface area contributed by atoms with Crippen molar-refractivity contribution in [3.05, 3.63) is 81.1 Å². The molecule has 2 aromatic heterocycles. The van der Waals surface area contributed by atoms with Gasteiger partial charge >= 0.3 is 5.97 Å². The van der Waals surface area contributed by atoms with E-state index in [1.807, 2.05) is 42.5 Å². The number of hydrogen-bond donors (Lipinski definition) is 2. The molecule has 0 radical (unpaired) electrons. The van der Waals surface area contributed by atoms with Crippen molar-refractivity contribution in [3.63, 3.8) is 0 Å². The van der Waals surface area contributed by atoms with Crippen molar-refractivity contribution in [2.75, 3.05) is 13.7 Å². The molecule has 1 saturated heterocycles. The normalized spacial score (nSPS) is 18.1. The standard InChI is InChI=1S/C27H26ClN3O3S/c1-16-10-11-35-23(16)15-31-14-19(13-22(31)27(33)34-2)29-26(32)25-24(17-6-4-3-5-7-17)20-12-18(28)8-9-21(20)30-25/h3-12,19,22,30H,13-15H2,1-2H3,(H,29,32)/t19-,22-/m0/s1. The molecule has 0 bridgehead atoms. The Morgan fingerprint density at radius 3 is 2.71 bits per heavy atom. The summed E-state index contributed by atoms with van der Waals surface area (Å²) in [5.74, 6) is -0.486. The van der Waals surface area contributed by atoms with Crippen molar-refractivity contribution >= 4 is 45.7 Å². The average molecular weight is 508 g/mol. The van der Waals surface area contributed by atoms with Crippen molar-refractivity contribution in [1.29, 1.82) is 0 Å². The lowest BCUT2D eigenvalue weighted by Crippen LogP contribution is -2.38. The van der Waals surface area contributed by atoms with Crippen LogP contribution in [0, 0.1) is 6.92 Å². The lowest BCUT2D eigenvalue weighted by Gasteiger charge is -2.21.